The Balaban J connectivity index is 1.83. The number of para-hydroxylation sites is 1. The summed E-state index contributed by atoms with van der Waals surface area (Å²) in [4.78, 5) is 35.5. The number of carbonyl (C=O) groups excluding carboxylic acids is 1. The van der Waals surface area contributed by atoms with E-state index in [4.69, 9.17) is 10.1 Å². The van der Waals surface area contributed by atoms with Gasteiger partial charge in [-0.2, -0.15) is 0 Å². The number of nitrogens with one attached hydrogen (secondary N) is 1. The van der Waals surface area contributed by atoms with Crippen molar-refractivity contribution in [3.8, 4) is 5.69 Å². The van der Waals surface area contributed by atoms with Crippen LogP contribution in [0, 0.1) is 6.92 Å². The Morgan fingerprint density at radius 1 is 1.27 bits per heavy atom. The number of hydrogen-bond acceptors (Lipinski definition) is 4. The normalized spacial score (nSPS) is 20.0. The Hall–Kier alpha value is -3.72. The molecule has 0 aliphatic carbocycles. The fraction of sp³-hybridized carbons (Fsp3) is 0.333. The molecule has 2 N–H and O–H groups in total. The van der Waals surface area contributed by atoms with Crippen LogP contribution in [-0.4, -0.2) is 63.6 Å². The van der Waals surface area contributed by atoms with E-state index in [0.717, 1.165) is 40.2 Å². The Morgan fingerprint density at radius 3 is 2.70 bits per heavy atom. The molecule has 0 unspecified atom stereocenters. The second kappa shape index (κ2) is 8.32. The molecule has 9 heteroatoms. The third kappa shape index (κ3) is 4.19. The highest BCUT2D eigenvalue weighted by Crippen LogP contribution is 2.32. The number of amides is 2. The van der Waals surface area contributed by atoms with E-state index in [9.17, 15) is 9.59 Å². The molecule has 1 aliphatic heterocycles. The molecule has 2 heterocycles. The summed E-state index contributed by atoms with van der Waals surface area (Å²) >= 11 is 0. The van der Waals surface area contributed by atoms with Crippen molar-refractivity contribution < 1.29 is 14.7 Å². The first-order chi connectivity index (χ1) is 15.6. The van der Waals surface area contributed by atoms with E-state index < -0.39 is 11.6 Å². The molecule has 0 radical (unpaired) electrons. The quantitative estimate of drug-likeness (QED) is 0.636. The highest BCUT2D eigenvalue weighted by molar-refractivity contribution is 6.03. The predicted octanol–water partition coefficient (Wildman–Crippen LogP) is 3.10. The highest BCUT2D eigenvalue weighted by Gasteiger charge is 2.39. The summed E-state index contributed by atoms with van der Waals surface area (Å²) in [5.74, 6) is 0.669. The fourth-order valence-corrected chi connectivity index (χ4v) is 4.37. The number of aromatic nitrogens is 2. The summed E-state index contributed by atoms with van der Waals surface area (Å²) < 4.78 is 2.13. The van der Waals surface area contributed by atoms with E-state index in [0.29, 0.717) is 0 Å². The minimum Gasteiger partial charge on any atom is -0.463 e. The molecule has 0 bridgehead atoms. The summed E-state index contributed by atoms with van der Waals surface area (Å²) in [6.07, 6.45) is -1.19. The van der Waals surface area contributed by atoms with Crippen LogP contribution in [0.5, 0.6) is 0 Å². The summed E-state index contributed by atoms with van der Waals surface area (Å²) in [5, 5.41) is 12.3. The minimum atomic E-state index is -1.36. The number of aliphatic imine (C=N–C) groups is 1. The number of nitrogens with zero attached hydrogens (tertiary/aromatic N) is 5. The van der Waals surface area contributed by atoms with Crippen LogP contribution in [0.1, 0.15) is 30.3 Å². The second-order valence-electron chi connectivity index (χ2n) is 8.87. The molecule has 33 heavy (non-hydrogen) atoms. The van der Waals surface area contributed by atoms with Crippen LogP contribution in [0.25, 0.3) is 16.7 Å². The first-order valence-corrected chi connectivity index (χ1v) is 10.7. The van der Waals surface area contributed by atoms with Crippen LogP contribution in [-0.2, 0) is 16.9 Å². The van der Waals surface area contributed by atoms with E-state index in [-0.39, 0.29) is 18.3 Å². The lowest BCUT2D eigenvalue weighted by molar-refractivity contribution is -0.129. The van der Waals surface area contributed by atoms with E-state index >= 15 is 0 Å². The Labute approximate surface area is 192 Å². The molecule has 172 valence electrons. The van der Waals surface area contributed by atoms with E-state index in [1.54, 1.807) is 0 Å². The first kappa shape index (κ1) is 22.5. The molecule has 3 aromatic rings. The van der Waals surface area contributed by atoms with Gasteiger partial charge in [0, 0.05) is 19.3 Å². The zero-order chi connectivity index (χ0) is 23.9. The largest absolute Gasteiger partial charge is 0.463 e. The maximum Gasteiger partial charge on any atom is 0.434 e. The molecule has 1 atom stereocenters. The van der Waals surface area contributed by atoms with Crippen molar-refractivity contribution >= 4 is 29.0 Å². The van der Waals surface area contributed by atoms with E-state index in [1.165, 1.54) is 11.9 Å². The third-order valence-electron chi connectivity index (χ3n) is 5.94. The second-order valence-corrected chi connectivity index (χ2v) is 8.87. The lowest BCUT2D eigenvalue weighted by Crippen LogP contribution is -2.58. The molecule has 1 fully saturated rings. The van der Waals surface area contributed by atoms with Gasteiger partial charge in [0.25, 0.3) is 0 Å². The standard InChI is InChI=1S/C24H28N6O3/c1-15-25-19-11-6-8-16(14-28(3)4)21(19)30(15)18-10-7-9-17(12-18)24(2)13-20(31)29(5)22(27-24)26-23(32)33/h6-12H,13-14H2,1-5H3,(H,26,27)(H,32,33)/t24-/m0/s1. The zero-order valence-corrected chi connectivity index (χ0v) is 19.5. The topological polar surface area (TPSA) is 103 Å². The molecule has 1 aliphatic rings. The summed E-state index contributed by atoms with van der Waals surface area (Å²) in [5.41, 5.74) is 4.09. The van der Waals surface area contributed by atoms with Gasteiger partial charge in [0.15, 0.2) is 0 Å². The van der Waals surface area contributed by atoms with E-state index in [2.05, 4.69) is 25.8 Å². The highest BCUT2D eigenvalue weighted by atomic mass is 16.4. The first-order valence-electron chi connectivity index (χ1n) is 10.7. The predicted molar refractivity (Wildman–Crippen MR) is 127 cm³/mol. The van der Waals surface area contributed by atoms with E-state index in [1.807, 2.05) is 64.3 Å². The Kier molecular flexibility index (Phi) is 5.67. The van der Waals surface area contributed by atoms with Gasteiger partial charge < -0.3 is 15.3 Å². The molecule has 0 saturated carbocycles. The molecule has 2 amide bonds. The zero-order valence-electron chi connectivity index (χ0n) is 19.5. The molecule has 2 aromatic carbocycles. The van der Waals surface area contributed by atoms with Gasteiger partial charge in [-0.15, -0.1) is 4.99 Å². The van der Waals surface area contributed by atoms with Gasteiger partial charge in [0.1, 0.15) is 5.82 Å². The van der Waals surface area contributed by atoms with Gasteiger partial charge in [-0.05, 0) is 57.3 Å². The fourth-order valence-electron chi connectivity index (χ4n) is 4.37. The maximum atomic E-state index is 12.7. The Morgan fingerprint density at radius 2 is 2.00 bits per heavy atom. The van der Waals surface area contributed by atoms with Crippen molar-refractivity contribution in [2.75, 3.05) is 21.1 Å². The van der Waals surface area contributed by atoms with Crippen LogP contribution in [0.15, 0.2) is 47.5 Å². The number of aryl methyl sites for hydroxylation is 1. The maximum absolute atomic E-state index is 12.7. The number of benzene rings is 2. The van der Waals surface area contributed by atoms with Gasteiger partial charge in [-0.3, -0.25) is 14.3 Å². The molecule has 1 saturated heterocycles. The van der Waals surface area contributed by atoms with Crippen molar-refractivity contribution in [2.24, 2.45) is 4.99 Å². The van der Waals surface area contributed by atoms with Crippen molar-refractivity contribution in [1.82, 2.24) is 24.7 Å². The average Bonchev–Trinajstić information content (AvgIpc) is 3.08. The van der Waals surface area contributed by atoms with Crippen LogP contribution in [0.3, 0.4) is 0 Å². The van der Waals surface area contributed by atoms with Crippen LogP contribution >= 0.6 is 0 Å². The van der Waals surface area contributed by atoms with Crippen molar-refractivity contribution in [3.63, 3.8) is 0 Å². The number of carboxylic acid groups (broad SMARTS) is 1. The number of fused-ring (bicyclic) bond motifs is 1. The third-order valence-corrected chi connectivity index (χ3v) is 5.94. The number of imidazole rings is 1. The molecule has 1 aromatic heterocycles. The van der Waals surface area contributed by atoms with Crippen LogP contribution in [0.4, 0.5) is 4.79 Å². The van der Waals surface area contributed by atoms with Crippen molar-refractivity contribution in [3.05, 3.63) is 59.4 Å². The number of hydrogen-bond donors (Lipinski definition) is 2. The molecule has 4 rings (SSSR count). The SMILES string of the molecule is Cc1nc2cccc(CN(C)C)c2n1-c1cccc([C@]2(C)CC(=O)N(C)/C(=N/C(=O)O)N2)c1. The van der Waals surface area contributed by atoms with Gasteiger partial charge >= 0.3 is 6.09 Å². The van der Waals surface area contributed by atoms with Crippen LogP contribution in [0.2, 0.25) is 0 Å². The lowest BCUT2D eigenvalue weighted by Gasteiger charge is -2.40. The van der Waals surface area contributed by atoms with Crippen molar-refractivity contribution in [1.29, 1.82) is 0 Å². The summed E-state index contributed by atoms with van der Waals surface area (Å²) in [7, 11) is 5.58. The summed E-state index contributed by atoms with van der Waals surface area (Å²) in [6.45, 7) is 4.63. The average molecular weight is 449 g/mol. The molecular weight excluding hydrogens is 420 g/mol. The molecule has 0 spiro atoms. The lowest BCUT2D eigenvalue weighted by atomic mass is 9.86. The summed E-state index contributed by atoms with van der Waals surface area (Å²) in [6, 6.07) is 14.0. The number of rotatable bonds is 4. The molecular formula is C24H28N6O3. The minimum absolute atomic E-state index is 0.0178. The Bertz CT molecular complexity index is 1280. The van der Waals surface area contributed by atoms with Crippen LogP contribution < -0.4 is 5.32 Å². The van der Waals surface area contributed by atoms with Gasteiger partial charge in [0.2, 0.25) is 11.9 Å². The molecule has 9 nitrogen and oxygen atoms in total. The van der Waals surface area contributed by atoms with Gasteiger partial charge in [-0.25, -0.2) is 9.78 Å². The smallest absolute Gasteiger partial charge is 0.434 e. The van der Waals surface area contributed by atoms with Crippen molar-refractivity contribution in [2.45, 2.75) is 32.4 Å². The monoisotopic (exact) mass is 448 g/mol. The van der Waals surface area contributed by atoms with Gasteiger partial charge in [-0.1, -0.05) is 24.3 Å². The number of guanidine groups is 1. The van der Waals surface area contributed by atoms with Gasteiger partial charge in [0.05, 0.1) is 23.0 Å². The number of carbonyl (C=O) groups is 2.